The lowest BCUT2D eigenvalue weighted by Gasteiger charge is -2.30. The SMILES string of the molecule is CCNC(CN(CC)CCCN(CC)CC)C(C)C. The summed E-state index contributed by atoms with van der Waals surface area (Å²) in [5.74, 6) is 0.705. The number of hydrogen-bond acceptors (Lipinski definition) is 3. The maximum atomic E-state index is 3.62. The molecule has 0 aliphatic carbocycles. The van der Waals surface area contributed by atoms with Crippen LogP contribution in [0.4, 0.5) is 0 Å². The van der Waals surface area contributed by atoms with Gasteiger partial charge in [0.2, 0.25) is 0 Å². The van der Waals surface area contributed by atoms with Crippen molar-refractivity contribution < 1.29 is 0 Å². The predicted octanol–water partition coefficient (Wildman–Crippen LogP) is 2.67. The van der Waals surface area contributed by atoms with Crippen LogP contribution >= 0.6 is 0 Å². The summed E-state index contributed by atoms with van der Waals surface area (Å²) in [6.07, 6.45) is 1.28. The van der Waals surface area contributed by atoms with Crippen molar-refractivity contribution >= 4 is 0 Å². The van der Waals surface area contributed by atoms with Gasteiger partial charge < -0.3 is 15.1 Å². The molecule has 3 heteroatoms. The minimum atomic E-state index is 0.624. The number of nitrogens with zero attached hydrogens (tertiary/aromatic N) is 2. The highest BCUT2D eigenvalue weighted by Gasteiger charge is 2.15. The molecular weight excluding hydrogens is 234 g/mol. The summed E-state index contributed by atoms with van der Waals surface area (Å²) < 4.78 is 0. The Morgan fingerprint density at radius 2 is 1.37 bits per heavy atom. The molecule has 0 radical (unpaired) electrons. The van der Waals surface area contributed by atoms with E-state index >= 15 is 0 Å². The lowest BCUT2D eigenvalue weighted by molar-refractivity contribution is 0.209. The molecule has 0 aliphatic rings. The average molecular weight is 271 g/mol. The van der Waals surface area contributed by atoms with Crippen molar-refractivity contribution in [1.29, 1.82) is 0 Å². The molecule has 0 aromatic heterocycles. The first-order chi connectivity index (χ1) is 9.08. The van der Waals surface area contributed by atoms with Crippen LogP contribution in [0.5, 0.6) is 0 Å². The maximum Gasteiger partial charge on any atom is 0.0217 e. The molecule has 3 nitrogen and oxygen atoms in total. The van der Waals surface area contributed by atoms with Crippen molar-refractivity contribution in [2.24, 2.45) is 5.92 Å². The minimum absolute atomic E-state index is 0.624. The molecule has 1 N–H and O–H groups in total. The molecule has 0 aromatic carbocycles. The third-order valence-electron chi connectivity index (χ3n) is 4.02. The Labute approximate surface area is 121 Å². The highest BCUT2D eigenvalue weighted by atomic mass is 15.2. The first-order valence-corrected chi connectivity index (χ1v) is 8.26. The molecule has 1 unspecified atom stereocenters. The Morgan fingerprint density at radius 1 is 0.842 bits per heavy atom. The largest absolute Gasteiger partial charge is 0.313 e. The van der Waals surface area contributed by atoms with Crippen LogP contribution in [0.3, 0.4) is 0 Å². The Morgan fingerprint density at radius 3 is 1.79 bits per heavy atom. The second-order valence-corrected chi connectivity index (χ2v) is 5.68. The second kappa shape index (κ2) is 11.7. The van der Waals surface area contributed by atoms with E-state index in [0.717, 1.165) is 13.1 Å². The van der Waals surface area contributed by atoms with E-state index in [1.165, 1.54) is 39.1 Å². The third-order valence-corrected chi connectivity index (χ3v) is 4.02. The van der Waals surface area contributed by atoms with Gasteiger partial charge in [-0.1, -0.05) is 41.5 Å². The van der Waals surface area contributed by atoms with E-state index in [2.05, 4.69) is 56.7 Å². The van der Waals surface area contributed by atoms with Gasteiger partial charge in [-0.25, -0.2) is 0 Å². The first-order valence-electron chi connectivity index (χ1n) is 8.26. The minimum Gasteiger partial charge on any atom is -0.313 e. The number of nitrogens with one attached hydrogen (secondary N) is 1. The van der Waals surface area contributed by atoms with Crippen molar-refractivity contribution in [1.82, 2.24) is 15.1 Å². The highest BCUT2D eigenvalue weighted by molar-refractivity contribution is 4.74. The molecule has 0 aliphatic heterocycles. The summed E-state index contributed by atoms with van der Waals surface area (Å²) in [6, 6.07) is 0.624. The van der Waals surface area contributed by atoms with Gasteiger partial charge in [-0.05, 0) is 51.6 Å². The smallest absolute Gasteiger partial charge is 0.0217 e. The van der Waals surface area contributed by atoms with Crippen molar-refractivity contribution in [3.63, 3.8) is 0 Å². The van der Waals surface area contributed by atoms with E-state index in [9.17, 15) is 0 Å². The normalized spacial score (nSPS) is 13.7. The van der Waals surface area contributed by atoms with Crippen molar-refractivity contribution in [3.8, 4) is 0 Å². The molecular formula is C16H37N3. The van der Waals surface area contributed by atoms with Gasteiger partial charge in [-0.2, -0.15) is 0 Å². The lowest BCUT2D eigenvalue weighted by Crippen LogP contribution is -2.44. The summed E-state index contributed by atoms with van der Waals surface area (Å²) in [6.45, 7) is 21.8. The molecule has 0 spiro atoms. The van der Waals surface area contributed by atoms with Crippen LogP contribution < -0.4 is 5.32 Å². The monoisotopic (exact) mass is 271 g/mol. The molecule has 0 bridgehead atoms. The summed E-state index contributed by atoms with van der Waals surface area (Å²) in [5, 5.41) is 3.62. The van der Waals surface area contributed by atoms with E-state index in [1.54, 1.807) is 0 Å². The molecule has 0 rings (SSSR count). The summed E-state index contributed by atoms with van der Waals surface area (Å²) in [4.78, 5) is 5.11. The van der Waals surface area contributed by atoms with Crippen LogP contribution in [0.15, 0.2) is 0 Å². The van der Waals surface area contributed by atoms with Gasteiger partial charge in [0.25, 0.3) is 0 Å². The zero-order chi connectivity index (χ0) is 14.7. The zero-order valence-corrected chi connectivity index (χ0v) is 14.2. The van der Waals surface area contributed by atoms with Crippen LogP contribution in [0.1, 0.15) is 48.0 Å². The third kappa shape index (κ3) is 8.61. The number of rotatable bonds is 12. The van der Waals surface area contributed by atoms with E-state index in [1.807, 2.05) is 0 Å². The summed E-state index contributed by atoms with van der Waals surface area (Å²) in [7, 11) is 0. The molecule has 0 fully saturated rings. The van der Waals surface area contributed by atoms with Crippen LogP contribution in [0.2, 0.25) is 0 Å². The first kappa shape index (κ1) is 18.9. The van der Waals surface area contributed by atoms with Crippen LogP contribution in [-0.4, -0.2) is 61.7 Å². The fraction of sp³-hybridized carbons (Fsp3) is 1.00. The molecule has 0 saturated carbocycles. The molecule has 116 valence electrons. The van der Waals surface area contributed by atoms with Crippen molar-refractivity contribution in [2.45, 2.75) is 54.0 Å². The second-order valence-electron chi connectivity index (χ2n) is 5.68. The molecule has 0 saturated heterocycles. The van der Waals surface area contributed by atoms with E-state index in [4.69, 9.17) is 0 Å². The predicted molar refractivity (Wildman–Crippen MR) is 86.8 cm³/mol. The zero-order valence-electron chi connectivity index (χ0n) is 14.2. The fourth-order valence-electron chi connectivity index (χ4n) is 2.49. The topological polar surface area (TPSA) is 18.5 Å². The van der Waals surface area contributed by atoms with E-state index in [0.29, 0.717) is 12.0 Å². The van der Waals surface area contributed by atoms with Gasteiger partial charge in [0.05, 0.1) is 0 Å². The number of likely N-dealkylation sites (N-methyl/N-ethyl adjacent to an activating group) is 2. The Balaban J connectivity index is 4.04. The van der Waals surface area contributed by atoms with E-state index in [-0.39, 0.29) is 0 Å². The van der Waals surface area contributed by atoms with Crippen molar-refractivity contribution in [3.05, 3.63) is 0 Å². The summed E-state index contributed by atoms with van der Waals surface area (Å²) in [5.41, 5.74) is 0. The Hall–Kier alpha value is -0.120. The molecule has 0 aromatic rings. The number of hydrogen-bond donors (Lipinski definition) is 1. The molecule has 1 atom stereocenters. The quantitative estimate of drug-likeness (QED) is 0.589. The van der Waals surface area contributed by atoms with Gasteiger partial charge in [0.1, 0.15) is 0 Å². The molecule has 19 heavy (non-hydrogen) atoms. The van der Waals surface area contributed by atoms with Crippen LogP contribution in [-0.2, 0) is 0 Å². The van der Waals surface area contributed by atoms with Crippen molar-refractivity contribution in [2.75, 3.05) is 45.8 Å². The highest BCUT2D eigenvalue weighted by Crippen LogP contribution is 2.05. The average Bonchev–Trinajstić information content (AvgIpc) is 2.41. The van der Waals surface area contributed by atoms with Gasteiger partial charge in [-0.15, -0.1) is 0 Å². The van der Waals surface area contributed by atoms with Gasteiger partial charge in [0, 0.05) is 12.6 Å². The fourth-order valence-corrected chi connectivity index (χ4v) is 2.49. The lowest BCUT2D eigenvalue weighted by atomic mass is 10.0. The van der Waals surface area contributed by atoms with Gasteiger partial charge >= 0.3 is 0 Å². The van der Waals surface area contributed by atoms with E-state index < -0.39 is 0 Å². The Bertz CT molecular complexity index is 190. The standard InChI is InChI=1S/C16H37N3/c1-7-17-16(15(5)6)14-19(10-4)13-11-12-18(8-2)9-3/h15-17H,7-14H2,1-6H3. The van der Waals surface area contributed by atoms with Gasteiger partial charge in [0.15, 0.2) is 0 Å². The van der Waals surface area contributed by atoms with Gasteiger partial charge in [-0.3, -0.25) is 0 Å². The van der Waals surface area contributed by atoms with Crippen LogP contribution in [0.25, 0.3) is 0 Å². The summed E-state index contributed by atoms with van der Waals surface area (Å²) >= 11 is 0. The molecule has 0 amide bonds. The Kier molecular flexibility index (Phi) is 11.6. The molecule has 0 heterocycles. The van der Waals surface area contributed by atoms with Crippen LogP contribution in [0, 0.1) is 5.92 Å². The maximum absolute atomic E-state index is 3.62.